The maximum absolute atomic E-state index is 12.2. The highest BCUT2D eigenvalue weighted by Gasteiger charge is 2.22. The van der Waals surface area contributed by atoms with Gasteiger partial charge < -0.3 is 0 Å². The van der Waals surface area contributed by atoms with Crippen molar-refractivity contribution in [1.82, 2.24) is 4.72 Å². The summed E-state index contributed by atoms with van der Waals surface area (Å²) in [5, 5.41) is -0.248. The summed E-state index contributed by atoms with van der Waals surface area (Å²) in [6.07, 6.45) is 0. The first kappa shape index (κ1) is 16.7. The lowest BCUT2D eigenvalue weighted by molar-refractivity contribution is -0.112. The Morgan fingerprint density at radius 3 is 2.23 bits per heavy atom. The lowest BCUT2D eigenvalue weighted by atomic mass is 10.2. The lowest BCUT2D eigenvalue weighted by Crippen LogP contribution is -2.37. The van der Waals surface area contributed by atoms with E-state index in [2.05, 4.69) is 4.72 Å². The normalized spacial score (nSPS) is 12.8. The van der Waals surface area contributed by atoms with E-state index in [1.165, 1.54) is 12.1 Å². The van der Waals surface area contributed by atoms with E-state index < -0.39 is 16.1 Å². The summed E-state index contributed by atoms with van der Waals surface area (Å²) in [7, 11) is -3.70. The molecule has 0 aliphatic rings. The molecule has 0 saturated heterocycles. The predicted octanol–water partition coefficient (Wildman–Crippen LogP) is 2.98. The maximum atomic E-state index is 12.2. The number of benzene rings is 2. The van der Waals surface area contributed by atoms with E-state index in [9.17, 15) is 13.2 Å². The second-order valence-electron chi connectivity index (χ2n) is 4.89. The molecule has 116 valence electrons. The Hall–Kier alpha value is -1.63. The molecule has 0 aliphatic carbocycles. The van der Waals surface area contributed by atoms with Crippen LogP contribution < -0.4 is 4.72 Å². The SMILES string of the molecule is Cc1ccc(S(=O)(=O)N[C@@H](C)C(=O)Sc2ccccc2)cc1. The lowest BCUT2D eigenvalue weighted by Gasteiger charge is -2.13. The molecule has 0 aliphatic heterocycles. The van der Waals surface area contributed by atoms with Gasteiger partial charge in [-0.3, -0.25) is 4.79 Å². The highest BCUT2D eigenvalue weighted by atomic mass is 32.2. The molecule has 4 nitrogen and oxygen atoms in total. The van der Waals surface area contributed by atoms with Crippen molar-refractivity contribution >= 4 is 26.9 Å². The second kappa shape index (κ2) is 7.09. The number of thioether (sulfide) groups is 1. The molecule has 1 atom stereocenters. The maximum Gasteiger partial charge on any atom is 0.241 e. The van der Waals surface area contributed by atoms with E-state index in [-0.39, 0.29) is 10.0 Å². The zero-order valence-electron chi connectivity index (χ0n) is 12.3. The molecule has 22 heavy (non-hydrogen) atoms. The van der Waals surface area contributed by atoms with Crippen molar-refractivity contribution in [2.45, 2.75) is 29.7 Å². The number of carbonyl (C=O) groups excluding carboxylic acids is 1. The Morgan fingerprint density at radius 2 is 1.64 bits per heavy atom. The van der Waals surface area contributed by atoms with Crippen LogP contribution in [-0.2, 0) is 14.8 Å². The minimum absolute atomic E-state index is 0.155. The smallest absolute Gasteiger partial charge is 0.241 e. The first-order valence-electron chi connectivity index (χ1n) is 6.74. The monoisotopic (exact) mass is 335 g/mol. The molecule has 2 rings (SSSR count). The molecule has 0 spiro atoms. The summed E-state index contributed by atoms with van der Waals surface area (Å²) in [6.45, 7) is 3.43. The first-order chi connectivity index (χ1) is 10.4. The minimum atomic E-state index is -3.70. The van der Waals surface area contributed by atoms with Crippen LogP contribution in [0.5, 0.6) is 0 Å². The quantitative estimate of drug-likeness (QED) is 0.853. The number of nitrogens with one attached hydrogen (secondary N) is 1. The van der Waals surface area contributed by atoms with Crippen molar-refractivity contribution in [3.63, 3.8) is 0 Å². The molecule has 0 aromatic heterocycles. The van der Waals surface area contributed by atoms with Gasteiger partial charge in [-0.05, 0) is 38.1 Å². The summed E-state index contributed by atoms with van der Waals surface area (Å²) in [6, 6.07) is 14.8. The summed E-state index contributed by atoms with van der Waals surface area (Å²) in [4.78, 5) is 13.1. The number of sulfonamides is 1. The van der Waals surface area contributed by atoms with Gasteiger partial charge in [0.15, 0.2) is 0 Å². The highest BCUT2D eigenvalue weighted by molar-refractivity contribution is 8.13. The molecule has 0 fully saturated rings. The fraction of sp³-hybridized carbons (Fsp3) is 0.188. The van der Waals surface area contributed by atoms with Crippen LogP contribution in [0.2, 0.25) is 0 Å². The van der Waals surface area contributed by atoms with Crippen LogP contribution in [0.1, 0.15) is 12.5 Å². The van der Waals surface area contributed by atoms with E-state index in [4.69, 9.17) is 0 Å². The van der Waals surface area contributed by atoms with Gasteiger partial charge in [0.2, 0.25) is 15.1 Å². The molecule has 1 N–H and O–H groups in total. The van der Waals surface area contributed by atoms with Crippen molar-refractivity contribution in [1.29, 1.82) is 0 Å². The Kier molecular flexibility index (Phi) is 5.39. The van der Waals surface area contributed by atoms with Crippen LogP contribution >= 0.6 is 11.8 Å². The first-order valence-corrected chi connectivity index (χ1v) is 9.04. The standard InChI is InChI=1S/C16H17NO3S2/c1-12-8-10-15(11-9-12)22(19,20)17-13(2)16(18)21-14-6-4-3-5-7-14/h3-11,13,17H,1-2H3/t13-/m0/s1. The van der Waals surface area contributed by atoms with Crippen LogP contribution in [0.25, 0.3) is 0 Å². The van der Waals surface area contributed by atoms with E-state index in [0.29, 0.717) is 0 Å². The summed E-state index contributed by atoms with van der Waals surface area (Å²) < 4.78 is 26.9. The number of rotatable bonds is 5. The molecule has 0 amide bonds. The highest BCUT2D eigenvalue weighted by Crippen LogP contribution is 2.20. The van der Waals surface area contributed by atoms with Gasteiger partial charge >= 0.3 is 0 Å². The van der Waals surface area contributed by atoms with Gasteiger partial charge in [0.1, 0.15) is 0 Å². The summed E-state index contributed by atoms with van der Waals surface area (Å²) in [5.41, 5.74) is 0.975. The topological polar surface area (TPSA) is 63.2 Å². The Morgan fingerprint density at radius 1 is 1.05 bits per heavy atom. The average Bonchev–Trinajstić information content (AvgIpc) is 2.48. The van der Waals surface area contributed by atoms with Crippen molar-refractivity contribution in [2.24, 2.45) is 0 Å². The predicted molar refractivity (Wildman–Crippen MR) is 88.3 cm³/mol. The van der Waals surface area contributed by atoms with Crippen LogP contribution in [-0.4, -0.2) is 19.6 Å². The van der Waals surface area contributed by atoms with Crippen molar-refractivity contribution in [3.05, 3.63) is 60.2 Å². The molecule has 2 aromatic carbocycles. The molecular weight excluding hydrogens is 318 g/mol. The van der Waals surface area contributed by atoms with E-state index >= 15 is 0 Å². The average molecular weight is 335 g/mol. The van der Waals surface area contributed by atoms with Crippen LogP contribution in [0.15, 0.2) is 64.4 Å². The number of aryl methyl sites for hydroxylation is 1. The van der Waals surface area contributed by atoms with Gasteiger partial charge in [-0.25, -0.2) is 8.42 Å². The van der Waals surface area contributed by atoms with E-state index in [1.54, 1.807) is 19.1 Å². The largest absolute Gasteiger partial charge is 0.285 e. The van der Waals surface area contributed by atoms with E-state index in [1.807, 2.05) is 37.3 Å². The van der Waals surface area contributed by atoms with Crippen molar-refractivity contribution in [3.8, 4) is 0 Å². The number of carbonyl (C=O) groups is 1. The minimum Gasteiger partial charge on any atom is -0.285 e. The van der Waals surface area contributed by atoms with Gasteiger partial charge in [-0.1, -0.05) is 47.7 Å². The van der Waals surface area contributed by atoms with Crippen LogP contribution in [0.3, 0.4) is 0 Å². The molecular formula is C16H17NO3S2. The summed E-state index contributed by atoms with van der Waals surface area (Å²) >= 11 is 1.02. The van der Waals surface area contributed by atoms with Gasteiger partial charge in [0.05, 0.1) is 10.9 Å². The molecule has 0 saturated carbocycles. The van der Waals surface area contributed by atoms with Gasteiger partial charge in [-0.15, -0.1) is 0 Å². The molecule has 2 aromatic rings. The fourth-order valence-electron chi connectivity index (χ4n) is 1.76. The molecule has 0 radical (unpaired) electrons. The van der Waals surface area contributed by atoms with Crippen molar-refractivity contribution in [2.75, 3.05) is 0 Å². The number of hydrogen-bond donors (Lipinski definition) is 1. The zero-order chi connectivity index (χ0) is 16.2. The van der Waals surface area contributed by atoms with E-state index in [0.717, 1.165) is 22.2 Å². The molecule has 0 unspecified atom stereocenters. The Labute approximate surface area is 135 Å². The van der Waals surface area contributed by atoms with Crippen molar-refractivity contribution < 1.29 is 13.2 Å². The zero-order valence-corrected chi connectivity index (χ0v) is 13.9. The third-order valence-electron chi connectivity index (χ3n) is 2.98. The Balaban J connectivity index is 2.05. The molecule has 0 heterocycles. The summed E-state index contributed by atoms with van der Waals surface area (Å²) in [5.74, 6) is 0. The Bertz CT molecular complexity index is 741. The third kappa shape index (κ3) is 4.43. The van der Waals surface area contributed by atoms with Crippen LogP contribution in [0.4, 0.5) is 0 Å². The second-order valence-corrected chi connectivity index (χ2v) is 7.68. The fourth-order valence-corrected chi connectivity index (χ4v) is 3.80. The van der Waals surface area contributed by atoms with Crippen LogP contribution in [0, 0.1) is 6.92 Å². The van der Waals surface area contributed by atoms with Gasteiger partial charge in [0, 0.05) is 4.90 Å². The van der Waals surface area contributed by atoms with Gasteiger partial charge in [0.25, 0.3) is 0 Å². The third-order valence-corrected chi connectivity index (χ3v) is 5.60. The molecule has 0 bridgehead atoms. The molecule has 6 heteroatoms. The number of hydrogen-bond acceptors (Lipinski definition) is 4. The van der Waals surface area contributed by atoms with Gasteiger partial charge in [-0.2, -0.15) is 4.72 Å².